The van der Waals surface area contributed by atoms with Crippen molar-refractivity contribution in [2.24, 2.45) is 0 Å². The number of rotatable bonds is 5. The van der Waals surface area contributed by atoms with Gasteiger partial charge in [-0.1, -0.05) is 52.0 Å². The topological polar surface area (TPSA) is 59.1 Å². The summed E-state index contributed by atoms with van der Waals surface area (Å²) >= 11 is 5.23. The molecule has 1 atom stereocenters. The summed E-state index contributed by atoms with van der Waals surface area (Å²) in [5, 5.41) is 0. The van der Waals surface area contributed by atoms with Crippen LogP contribution >= 0.6 is 27.7 Å². The molecule has 2 heterocycles. The molecule has 0 aromatic heterocycles. The largest absolute Gasteiger partial charge is 0.493 e. The van der Waals surface area contributed by atoms with Crippen LogP contribution < -0.4 is 14.4 Å². The van der Waals surface area contributed by atoms with Gasteiger partial charge in [0.1, 0.15) is 0 Å². The van der Waals surface area contributed by atoms with Crippen LogP contribution in [0.15, 0.2) is 74.9 Å². The Morgan fingerprint density at radius 3 is 2.19 bits per heavy atom. The number of Topliss-reactive ketones (excluding diaryl/α,β-unsaturated/α-hetero) is 1. The molecular weight excluding hydrogens is 540 g/mol. The number of piperidine rings is 1. The van der Waals surface area contributed by atoms with E-state index in [4.69, 9.17) is 9.47 Å². The molecule has 0 bridgehead atoms. The molecule has 36 heavy (non-hydrogen) atoms. The average molecular weight is 568 g/mol. The summed E-state index contributed by atoms with van der Waals surface area (Å²) in [6.45, 7) is 0.552. The minimum Gasteiger partial charge on any atom is -0.493 e. The van der Waals surface area contributed by atoms with Gasteiger partial charge in [-0.2, -0.15) is 0 Å². The van der Waals surface area contributed by atoms with E-state index in [1.54, 1.807) is 35.8 Å². The zero-order valence-electron chi connectivity index (χ0n) is 20.2. The number of ketones is 1. The first-order valence-corrected chi connectivity index (χ1v) is 13.5. The van der Waals surface area contributed by atoms with Crippen molar-refractivity contribution in [3.63, 3.8) is 0 Å². The van der Waals surface area contributed by atoms with Crippen molar-refractivity contribution in [3.05, 3.63) is 70.7 Å². The maximum Gasteiger partial charge on any atom is 0.329 e. The lowest BCUT2D eigenvalue weighted by Crippen LogP contribution is -2.53. The highest BCUT2D eigenvalue weighted by Gasteiger charge is 2.38. The van der Waals surface area contributed by atoms with E-state index in [0.717, 1.165) is 44.0 Å². The molecule has 0 radical (unpaired) electrons. The Labute approximate surface area is 223 Å². The van der Waals surface area contributed by atoms with E-state index in [9.17, 15) is 9.59 Å². The fourth-order valence-electron chi connectivity index (χ4n) is 4.87. The van der Waals surface area contributed by atoms with Crippen LogP contribution in [0.5, 0.6) is 11.5 Å². The molecule has 6 nitrogen and oxygen atoms in total. The fourth-order valence-corrected chi connectivity index (χ4v) is 6.39. The molecule has 2 amide bonds. The molecule has 8 heteroatoms. The number of likely N-dealkylation sites (tertiary alicyclic amines) is 1. The molecule has 0 saturated carbocycles. The van der Waals surface area contributed by atoms with Gasteiger partial charge >= 0.3 is 6.03 Å². The SMILES string of the molecule is COc1cc(Br)c(CC(=O)[C@H]2CCCCN2C(=O)N2c3ccccc3Sc3ccccc32)cc1OC. The minimum absolute atomic E-state index is 0.0175. The van der Waals surface area contributed by atoms with E-state index in [1.807, 2.05) is 60.7 Å². The Morgan fingerprint density at radius 2 is 1.56 bits per heavy atom. The van der Waals surface area contributed by atoms with Crippen molar-refractivity contribution in [2.75, 3.05) is 25.7 Å². The monoisotopic (exact) mass is 566 g/mol. The second kappa shape index (κ2) is 10.6. The van der Waals surface area contributed by atoms with Crippen molar-refractivity contribution in [2.45, 2.75) is 41.5 Å². The first-order chi connectivity index (χ1) is 17.5. The summed E-state index contributed by atoms with van der Waals surface area (Å²) in [7, 11) is 3.15. The second-order valence-electron chi connectivity index (χ2n) is 8.80. The third-order valence-electron chi connectivity index (χ3n) is 6.66. The number of anilines is 2. The molecule has 3 aromatic rings. The average Bonchev–Trinajstić information content (AvgIpc) is 2.92. The smallest absolute Gasteiger partial charge is 0.329 e. The van der Waals surface area contributed by atoms with Crippen LogP contribution in [0.4, 0.5) is 16.2 Å². The highest BCUT2D eigenvalue weighted by atomic mass is 79.9. The Morgan fingerprint density at radius 1 is 0.944 bits per heavy atom. The van der Waals surface area contributed by atoms with Gasteiger partial charge in [0.15, 0.2) is 17.3 Å². The number of hydrogen-bond acceptors (Lipinski definition) is 5. The summed E-state index contributed by atoms with van der Waals surface area (Å²) in [5.74, 6) is 1.18. The van der Waals surface area contributed by atoms with Crippen LogP contribution in [0, 0.1) is 0 Å². The predicted octanol–water partition coefficient (Wildman–Crippen LogP) is 6.86. The second-order valence-corrected chi connectivity index (χ2v) is 10.7. The Hall–Kier alpha value is -2.97. The maximum absolute atomic E-state index is 14.1. The molecule has 2 aliphatic heterocycles. The number of ether oxygens (including phenoxy) is 2. The summed E-state index contributed by atoms with van der Waals surface area (Å²) < 4.78 is 11.6. The van der Waals surface area contributed by atoms with E-state index in [1.165, 1.54) is 0 Å². The zero-order chi connectivity index (χ0) is 25.2. The van der Waals surface area contributed by atoms with Crippen molar-refractivity contribution >= 4 is 50.9 Å². The highest BCUT2D eigenvalue weighted by molar-refractivity contribution is 9.10. The van der Waals surface area contributed by atoms with Gasteiger partial charge in [-0.3, -0.25) is 9.69 Å². The number of urea groups is 1. The number of fused-ring (bicyclic) bond motifs is 2. The standard InChI is InChI=1S/C28H27BrN2O4S/c1-34-24-16-18(19(29)17-25(24)35-2)15-23(32)20-9-7-8-14-30(20)28(33)31-21-10-3-5-12-26(21)36-27-13-6-4-11-22(27)31/h3-6,10-13,16-17,20H,7-9,14-15H2,1-2H3/t20-/m1/s1. The van der Waals surface area contributed by atoms with Gasteiger partial charge < -0.3 is 14.4 Å². The molecule has 2 aliphatic rings. The third kappa shape index (κ3) is 4.60. The number of amides is 2. The molecule has 0 N–H and O–H groups in total. The van der Waals surface area contributed by atoms with Crippen molar-refractivity contribution in [1.29, 1.82) is 0 Å². The molecule has 186 valence electrons. The van der Waals surface area contributed by atoms with Crippen LogP contribution in [0.25, 0.3) is 0 Å². The summed E-state index contributed by atoms with van der Waals surface area (Å²) in [6.07, 6.45) is 2.64. The minimum atomic E-state index is -0.486. The molecule has 0 spiro atoms. The van der Waals surface area contributed by atoms with Crippen LogP contribution in [0.1, 0.15) is 24.8 Å². The van der Waals surface area contributed by atoms with E-state index in [-0.39, 0.29) is 18.2 Å². The summed E-state index contributed by atoms with van der Waals surface area (Å²) in [4.78, 5) is 33.4. The van der Waals surface area contributed by atoms with Gasteiger partial charge in [0.25, 0.3) is 0 Å². The normalized spacial score (nSPS) is 16.7. The molecule has 5 rings (SSSR count). The van der Waals surface area contributed by atoms with Gasteiger partial charge in [-0.15, -0.1) is 0 Å². The fraction of sp³-hybridized carbons (Fsp3) is 0.286. The molecule has 1 fully saturated rings. The number of benzene rings is 3. The van der Waals surface area contributed by atoms with Crippen molar-refractivity contribution < 1.29 is 19.1 Å². The quantitative estimate of drug-likeness (QED) is 0.337. The van der Waals surface area contributed by atoms with Gasteiger partial charge in [-0.25, -0.2) is 4.79 Å². The lowest BCUT2D eigenvalue weighted by atomic mass is 9.94. The number of carbonyl (C=O) groups excluding carboxylic acids is 2. The first kappa shape index (κ1) is 24.7. The van der Waals surface area contributed by atoms with Gasteiger partial charge in [0.05, 0.1) is 31.6 Å². The summed E-state index contributed by atoms with van der Waals surface area (Å²) in [6, 6.07) is 18.9. The van der Waals surface area contributed by atoms with Crippen LogP contribution in [0.2, 0.25) is 0 Å². The highest BCUT2D eigenvalue weighted by Crippen LogP contribution is 2.48. The molecular formula is C28H27BrN2O4S. The lowest BCUT2D eigenvalue weighted by Gasteiger charge is -2.40. The molecule has 1 saturated heterocycles. The number of halogens is 1. The predicted molar refractivity (Wildman–Crippen MR) is 145 cm³/mol. The van der Waals surface area contributed by atoms with E-state index < -0.39 is 6.04 Å². The summed E-state index contributed by atoms with van der Waals surface area (Å²) in [5.41, 5.74) is 2.51. The maximum atomic E-state index is 14.1. The van der Waals surface area contributed by atoms with Crippen LogP contribution in [-0.4, -0.2) is 43.5 Å². The zero-order valence-corrected chi connectivity index (χ0v) is 22.6. The van der Waals surface area contributed by atoms with Crippen LogP contribution in [-0.2, 0) is 11.2 Å². The Kier molecular flexibility index (Phi) is 7.25. The van der Waals surface area contributed by atoms with Crippen LogP contribution in [0.3, 0.4) is 0 Å². The Balaban J connectivity index is 1.45. The lowest BCUT2D eigenvalue weighted by molar-refractivity contribution is -0.123. The van der Waals surface area contributed by atoms with Crippen molar-refractivity contribution in [3.8, 4) is 11.5 Å². The Bertz CT molecular complexity index is 1270. The molecule has 0 unspecified atom stereocenters. The number of methoxy groups -OCH3 is 2. The van der Waals surface area contributed by atoms with E-state index >= 15 is 0 Å². The third-order valence-corrected chi connectivity index (χ3v) is 8.53. The molecule has 0 aliphatic carbocycles. The number of para-hydroxylation sites is 2. The molecule has 3 aromatic carbocycles. The first-order valence-electron chi connectivity index (χ1n) is 11.9. The van der Waals surface area contributed by atoms with E-state index in [2.05, 4.69) is 15.9 Å². The van der Waals surface area contributed by atoms with Gasteiger partial charge in [0.2, 0.25) is 0 Å². The van der Waals surface area contributed by atoms with Gasteiger partial charge in [0, 0.05) is 27.2 Å². The van der Waals surface area contributed by atoms with Crippen molar-refractivity contribution in [1.82, 2.24) is 4.90 Å². The van der Waals surface area contributed by atoms with E-state index in [0.29, 0.717) is 24.5 Å². The number of nitrogens with zero attached hydrogens (tertiary/aromatic N) is 2. The van der Waals surface area contributed by atoms with Gasteiger partial charge in [-0.05, 0) is 61.2 Å². The number of carbonyl (C=O) groups is 2. The number of hydrogen-bond donors (Lipinski definition) is 0.